The summed E-state index contributed by atoms with van der Waals surface area (Å²) in [6, 6.07) is 25.4. The van der Waals surface area contributed by atoms with Crippen molar-refractivity contribution < 1.29 is 9.47 Å². The molecule has 184 valence electrons. The van der Waals surface area contributed by atoms with E-state index in [1.54, 1.807) is 6.92 Å². The van der Waals surface area contributed by atoms with Gasteiger partial charge in [0.1, 0.15) is 23.0 Å². The van der Waals surface area contributed by atoms with Gasteiger partial charge in [0.2, 0.25) is 0 Å². The van der Waals surface area contributed by atoms with Crippen molar-refractivity contribution in [3.05, 3.63) is 136 Å². The van der Waals surface area contributed by atoms with Gasteiger partial charge < -0.3 is 14.4 Å². The van der Waals surface area contributed by atoms with E-state index < -0.39 is 0 Å². The lowest BCUT2D eigenvalue weighted by molar-refractivity contribution is 0.313. The molecule has 0 aromatic heterocycles. The zero-order chi connectivity index (χ0) is 26.2. The smallest absolute Gasteiger partial charge is 0.137 e. The Morgan fingerprint density at radius 3 is 2.21 bits per heavy atom. The van der Waals surface area contributed by atoms with Crippen LogP contribution in [0.2, 0.25) is 0 Å². The van der Waals surface area contributed by atoms with Gasteiger partial charge in [-0.25, -0.2) is 0 Å². The molecule has 3 aliphatic rings. The first-order valence-electron chi connectivity index (χ1n) is 12.6. The summed E-state index contributed by atoms with van der Waals surface area (Å²) >= 11 is 0. The third kappa shape index (κ3) is 4.25. The number of rotatable bonds is 2. The first kappa shape index (κ1) is 23.4. The van der Waals surface area contributed by atoms with Gasteiger partial charge in [-0.15, -0.1) is 0 Å². The van der Waals surface area contributed by atoms with Crippen LogP contribution in [0, 0.1) is 11.3 Å². The summed E-state index contributed by atoms with van der Waals surface area (Å²) < 4.78 is 12.3. The fourth-order valence-electron chi connectivity index (χ4n) is 4.98. The lowest BCUT2D eigenvalue weighted by Gasteiger charge is -2.28. The lowest BCUT2D eigenvalue weighted by Crippen LogP contribution is -2.12. The summed E-state index contributed by atoms with van der Waals surface area (Å²) in [5.74, 6) is 2.83. The highest BCUT2D eigenvalue weighted by molar-refractivity contribution is 5.93. The maximum atomic E-state index is 9.33. The quantitative estimate of drug-likeness (QED) is 0.261. The van der Waals surface area contributed by atoms with Crippen molar-refractivity contribution in [3.8, 4) is 11.8 Å². The van der Waals surface area contributed by atoms with Crippen LogP contribution in [-0.4, -0.2) is 0 Å². The van der Waals surface area contributed by atoms with Crippen molar-refractivity contribution in [1.29, 1.82) is 5.26 Å². The zero-order valence-corrected chi connectivity index (χ0v) is 21.5. The van der Waals surface area contributed by atoms with Crippen molar-refractivity contribution in [1.82, 2.24) is 0 Å². The van der Waals surface area contributed by atoms with Crippen LogP contribution in [0.5, 0.6) is 5.75 Å². The summed E-state index contributed by atoms with van der Waals surface area (Å²) in [5.41, 5.74) is 9.19. The van der Waals surface area contributed by atoms with Crippen LogP contribution in [0.15, 0.2) is 119 Å². The molecule has 3 aromatic carbocycles. The zero-order valence-electron chi connectivity index (χ0n) is 21.5. The summed E-state index contributed by atoms with van der Waals surface area (Å²) in [4.78, 5) is 2.29. The monoisotopic (exact) mass is 494 g/mol. The van der Waals surface area contributed by atoms with Crippen LogP contribution in [0.1, 0.15) is 37.5 Å². The highest BCUT2D eigenvalue weighted by Crippen LogP contribution is 2.45. The van der Waals surface area contributed by atoms with Crippen molar-refractivity contribution in [2.75, 3.05) is 4.90 Å². The maximum absolute atomic E-state index is 9.33. The number of allylic oxidation sites excluding steroid dienone is 8. The van der Waals surface area contributed by atoms with Gasteiger partial charge in [0.25, 0.3) is 0 Å². The lowest BCUT2D eigenvalue weighted by atomic mass is 10.0. The van der Waals surface area contributed by atoms with Gasteiger partial charge in [-0.2, -0.15) is 5.26 Å². The minimum Gasteiger partial charge on any atom is -0.462 e. The van der Waals surface area contributed by atoms with Gasteiger partial charge in [0.05, 0.1) is 17.4 Å². The number of hydrogen-bond acceptors (Lipinski definition) is 4. The van der Waals surface area contributed by atoms with Crippen LogP contribution in [-0.2, 0) is 4.74 Å². The SMILES string of the molecule is CC1=C/C(=C(/C)C#N)C=C(/C=C2\C=C(C)c3ccc(N4c5ccccc5C=Cc5ccccc54)cc3O2)O1. The van der Waals surface area contributed by atoms with Crippen LogP contribution in [0.25, 0.3) is 17.7 Å². The molecule has 0 amide bonds. The Kier molecular flexibility index (Phi) is 5.82. The van der Waals surface area contributed by atoms with Gasteiger partial charge in [-0.05, 0) is 85.5 Å². The van der Waals surface area contributed by atoms with E-state index in [0.717, 1.165) is 56.4 Å². The molecule has 0 atom stereocenters. The molecule has 4 nitrogen and oxygen atoms in total. The molecule has 4 heteroatoms. The van der Waals surface area contributed by atoms with Crippen LogP contribution in [0.3, 0.4) is 0 Å². The molecular weight excluding hydrogens is 468 g/mol. The molecule has 3 heterocycles. The number of fused-ring (bicyclic) bond motifs is 3. The van der Waals surface area contributed by atoms with Crippen molar-refractivity contribution in [2.45, 2.75) is 20.8 Å². The minimum atomic E-state index is 0.634. The molecule has 0 aliphatic carbocycles. The van der Waals surface area contributed by atoms with Crippen molar-refractivity contribution >= 4 is 34.8 Å². The van der Waals surface area contributed by atoms with Gasteiger partial charge in [0.15, 0.2) is 0 Å². The van der Waals surface area contributed by atoms with Gasteiger partial charge >= 0.3 is 0 Å². The van der Waals surface area contributed by atoms with E-state index in [4.69, 9.17) is 9.47 Å². The average molecular weight is 495 g/mol. The Morgan fingerprint density at radius 1 is 0.842 bits per heavy atom. The molecule has 0 N–H and O–H groups in total. The highest BCUT2D eigenvalue weighted by atomic mass is 16.5. The highest BCUT2D eigenvalue weighted by Gasteiger charge is 2.23. The number of benzene rings is 3. The number of nitrogens with zero attached hydrogens (tertiary/aromatic N) is 2. The Hall–Kier alpha value is -5.01. The second kappa shape index (κ2) is 9.46. The first-order valence-corrected chi connectivity index (χ1v) is 12.6. The van der Waals surface area contributed by atoms with Gasteiger partial charge in [-0.1, -0.05) is 48.6 Å². The van der Waals surface area contributed by atoms with Gasteiger partial charge in [-0.3, -0.25) is 0 Å². The second-order valence-electron chi connectivity index (χ2n) is 9.54. The number of hydrogen-bond donors (Lipinski definition) is 0. The fourth-order valence-corrected chi connectivity index (χ4v) is 4.98. The van der Waals surface area contributed by atoms with E-state index in [1.807, 2.05) is 31.2 Å². The molecule has 3 aromatic rings. The summed E-state index contributed by atoms with van der Waals surface area (Å²) in [6.45, 7) is 5.77. The molecule has 0 radical (unpaired) electrons. The first-order chi connectivity index (χ1) is 18.5. The Labute approximate surface area is 223 Å². The van der Waals surface area contributed by atoms with E-state index in [1.165, 1.54) is 0 Å². The van der Waals surface area contributed by atoms with Crippen LogP contribution >= 0.6 is 0 Å². The van der Waals surface area contributed by atoms with E-state index in [9.17, 15) is 5.26 Å². The number of ether oxygens (including phenoxy) is 2. The Morgan fingerprint density at radius 2 is 1.53 bits per heavy atom. The summed E-state index contributed by atoms with van der Waals surface area (Å²) in [5, 5.41) is 9.33. The molecule has 0 unspecified atom stereocenters. The van der Waals surface area contributed by atoms with E-state index in [2.05, 4.69) is 96.8 Å². The predicted octanol–water partition coefficient (Wildman–Crippen LogP) is 8.98. The Bertz CT molecular complexity index is 1660. The van der Waals surface area contributed by atoms with Gasteiger partial charge in [0, 0.05) is 29.0 Å². The van der Waals surface area contributed by atoms with E-state index in [0.29, 0.717) is 17.1 Å². The third-order valence-corrected chi connectivity index (χ3v) is 6.85. The van der Waals surface area contributed by atoms with Crippen LogP contribution < -0.4 is 9.64 Å². The topological polar surface area (TPSA) is 45.5 Å². The normalized spacial score (nSPS) is 17.9. The minimum absolute atomic E-state index is 0.634. The number of para-hydroxylation sites is 2. The largest absolute Gasteiger partial charge is 0.462 e. The molecule has 0 fully saturated rings. The second-order valence-corrected chi connectivity index (χ2v) is 9.54. The molecule has 0 saturated heterocycles. The van der Waals surface area contributed by atoms with E-state index in [-0.39, 0.29) is 0 Å². The molecule has 0 spiro atoms. The fraction of sp³-hybridized carbons (Fsp3) is 0.0882. The Balaban J connectivity index is 1.41. The third-order valence-electron chi connectivity index (χ3n) is 6.85. The number of anilines is 3. The van der Waals surface area contributed by atoms with Crippen molar-refractivity contribution in [2.24, 2.45) is 0 Å². The molecule has 0 saturated carbocycles. The maximum Gasteiger partial charge on any atom is 0.137 e. The molecule has 0 bridgehead atoms. The summed E-state index contributed by atoms with van der Waals surface area (Å²) in [6.07, 6.45) is 12.0. The van der Waals surface area contributed by atoms with Crippen molar-refractivity contribution in [3.63, 3.8) is 0 Å². The molecular formula is C34H26N2O2. The molecule has 6 rings (SSSR count). The van der Waals surface area contributed by atoms with Crippen LogP contribution in [0.4, 0.5) is 17.1 Å². The number of nitriles is 1. The van der Waals surface area contributed by atoms with E-state index >= 15 is 0 Å². The molecule has 3 aliphatic heterocycles. The summed E-state index contributed by atoms with van der Waals surface area (Å²) in [7, 11) is 0. The standard InChI is InChI=1S/C34H26N2O2/c1-22-16-29(20-30-18-27(23(2)21-35)17-24(3)37-30)38-34-19-28(14-15-31(22)34)36-32-10-6-4-8-25(32)12-13-26-9-5-7-11-33(26)36/h4-20H,1-3H3/b27-23+,29-20+. The predicted molar refractivity (Wildman–Crippen MR) is 154 cm³/mol. The molecule has 38 heavy (non-hydrogen) atoms. The average Bonchev–Trinajstić information content (AvgIpc) is 3.09.